The second-order valence-corrected chi connectivity index (χ2v) is 8.29. The van der Waals surface area contributed by atoms with Crippen molar-refractivity contribution in [2.45, 2.75) is 69.9 Å². The Morgan fingerprint density at radius 2 is 1.69 bits per heavy atom. The SMILES string of the molecule is O=C(C(=O)N1CCCC[C@@H]1C(=O)NC(CO)Cc1ccccc1)C1CCCCC1. The van der Waals surface area contributed by atoms with Gasteiger partial charge in [0.2, 0.25) is 11.7 Å². The molecular weight excluding hydrogens is 368 g/mol. The Balaban J connectivity index is 1.63. The minimum atomic E-state index is -0.631. The third kappa shape index (κ3) is 5.66. The highest BCUT2D eigenvalue weighted by atomic mass is 16.3. The molecule has 1 aliphatic heterocycles. The Labute approximate surface area is 172 Å². The van der Waals surface area contributed by atoms with E-state index >= 15 is 0 Å². The van der Waals surface area contributed by atoms with E-state index in [9.17, 15) is 19.5 Å². The number of aliphatic hydroxyl groups excluding tert-OH is 1. The first-order chi connectivity index (χ1) is 14.1. The molecule has 2 fully saturated rings. The quantitative estimate of drug-likeness (QED) is 0.687. The Bertz CT molecular complexity index is 700. The van der Waals surface area contributed by atoms with Crippen molar-refractivity contribution in [3.63, 3.8) is 0 Å². The van der Waals surface area contributed by atoms with Crippen molar-refractivity contribution >= 4 is 17.6 Å². The molecule has 1 aromatic rings. The van der Waals surface area contributed by atoms with Crippen LogP contribution in [0.2, 0.25) is 0 Å². The highest BCUT2D eigenvalue weighted by molar-refractivity contribution is 6.37. The van der Waals surface area contributed by atoms with Gasteiger partial charge in [0.25, 0.3) is 5.91 Å². The summed E-state index contributed by atoms with van der Waals surface area (Å²) in [5.74, 6) is -1.29. The molecule has 1 heterocycles. The number of amides is 2. The van der Waals surface area contributed by atoms with E-state index in [4.69, 9.17) is 0 Å². The lowest BCUT2D eigenvalue weighted by molar-refractivity contribution is -0.152. The molecule has 158 valence electrons. The first-order valence-corrected chi connectivity index (χ1v) is 10.9. The van der Waals surface area contributed by atoms with E-state index in [-0.39, 0.29) is 24.2 Å². The number of ketones is 1. The smallest absolute Gasteiger partial charge is 0.290 e. The molecule has 0 aromatic heterocycles. The number of nitrogens with zero attached hydrogens (tertiary/aromatic N) is 1. The number of hydrogen-bond acceptors (Lipinski definition) is 4. The zero-order chi connectivity index (χ0) is 20.6. The molecule has 2 atom stereocenters. The molecule has 6 nitrogen and oxygen atoms in total. The molecule has 1 saturated heterocycles. The van der Waals surface area contributed by atoms with Crippen molar-refractivity contribution in [2.24, 2.45) is 5.92 Å². The van der Waals surface area contributed by atoms with Crippen LogP contribution in [-0.2, 0) is 20.8 Å². The van der Waals surface area contributed by atoms with Crippen LogP contribution in [0.25, 0.3) is 0 Å². The van der Waals surface area contributed by atoms with Crippen molar-refractivity contribution < 1.29 is 19.5 Å². The van der Waals surface area contributed by atoms with Gasteiger partial charge in [-0.3, -0.25) is 14.4 Å². The summed E-state index contributed by atoms with van der Waals surface area (Å²) >= 11 is 0. The molecule has 2 N–H and O–H groups in total. The average molecular weight is 401 g/mol. The van der Waals surface area contributed by atoms with E-state index in [1.165, 1.54) is 4.90 Å². The van der Waals surface area contributed by atoms with E-state index < -0.39 is 18.0 Å². The molecule has 29 heavy (non-hydrogen) atoms. The van der Waals surface area contributed by atoms with Crippen LogP contribution >= 0.6 is 0 Å². The number of Topliss-reactive ketones (excluding diaryl/α,β-unsaturated/α-hetero) is 1. The highest BCUT2D eigenvalue weighted by Gasteiger charge is 2.38. The van der Waals surface area contributed by atoms with Gasteiger partial charge in [-0.05, 0) is 44.1 Å². The summed E-state index contributed by atoms with van der Waals surface area (Å²) in [4.78, 5) is 40.1. The second kappa shape index (κ2) is 10.5. The van der Waals surface area contributed by atoms with Gasteiger partial charge in [0.1, 0.15) is 6.04 Å². The predicted octanol–water partition coefficient (Wildman–Crippen LogP) is 2.24. The molecule has 2 aliphatic rings. The van der Waals surface area contributed by atoms with Crippen molar-refractivity contribution in [1.29, 1.82) is 0 Å². The van der Waals surface area contributed by atoms with Gasteiger partial charge in [0.05, 0.1) is 12.6 Å². The largest absolute Gasteiger partial charge is 0.394 e. The molecule has 1 unspecified atom stereocenters. The number of benzene rings is 1. The van der Waals surface area contributed by atoms with Gasteiger partial charge in [-0.25, -0.2) is 0 Å². The third-order valence-corrected chi connectivity index (χ3v) is 6.14. The van der Waals surface area contributed by atoms with E-state index in [0.717, 1.165) is 50.5 Å². The molecule has 0 bridgehead atoms. The molecule has 6 heteroatoms. The first-order valence-electron chi connectivity index (χ1n) is 10.9. The number of carbonyl (C=O) groups is 3. The summed E-state index contributed by atoms with van der Waals surface area (Å²) < 4.78 is 0. The van der Waals surface area contributed by atoms with E-state index in [2.05, 4.69) is 5.32 Å². The van der Waals surface area contributed by atoms with Gasteiger partial charge in [-0.15, -0.1) is 0 Å². The Morgan fingerprint density at radius 1 is 1.00 bits per heavy atom. The lowest BCUT2D eigenvalue weighted by atomic mass is 9.85. The number of carbonyl (C=O) groups excluding carboxylic acids is 3. The predicted molar refractivity (Wildman–Crippen MR) is 110 cm³/mol. The van der Waals surface area contributed by atoms with Crippen molar-refractivity contribution in [3.8, 4) is 0 Å². The second-order valence-electron chi connectivity index (χ2n) is 8.29. The summed E-state index contributed by atoms with van der Waals surface area (Å²) in [6.07, 6.45) is 7.39. The van der Waals surface area contributed by atoms with Crippen LogP contribution < -0.4 is 5.32 Å². The zero-order valence-electron chi connectivity index (χ0n) is 17.0. The van der Waals surface area contributed by atoms with E-state index in [0.29, 0.717) is 19.4 Å². The van der Waals surface area contributed by atoms with Crippen LogP contribution in [0.4, 0.5) is 0 Å². The Morgan fingerprint density at radius 3 is 2.38 bits per heavy atom. The molecular formula is C23H32N2O4. The maximum Gasteiger partial charge on any atom is 0.290 e. The number of nitrogens with one attached hydrogen (secondary N) is 1. The molecule has 0 radical (unpaired) electrons. The molecule has 1 aromatic carbocycles. The van der Waals surface area contributed by atoms with Crippen molar-refractivity contribution in [3.05, 3.63) is 35.9 Å². The lowest BCUT2D eigenvalue weighted by Crippen LogP contribution is -2.56. The zero-order valence-corrected chi connectivity index (χ0v) is 17.0. The van der Waals surface area contributed by atoms with Gasteiger partial charge in [-0.1, -0.05) is 49.6 Å². The monoisotopic (exact) mass is 400 g/mol. The van der Waals surface area contributed by atoms with Gasteiger partial charge in [0.15, 0.2) is 0 Å². The fourth-order valence-electron chi connectivity index (χ4n) is 4.49. The van der Waals surface area contributed by atoms with Crippen LogP contribution in [0.15, 0.2) is 30.3 Å². The van der Waals surface area contributed by atoms with Crippen LogP contribution in [0.5, 0.6) is 0 Å². The standard InChI is InChI=1S/C23H32N2O4/c26-16-19(15-17-9-3-1-4-10-17)24-22(28)20-13-7-8-14-25(20)23(29)21(27)18-11-5-2-6-12-18/h1,3-4,9-10,18-20,26H,2,5-8,11-16H2,(H,24,28)/t19?,20-/m1/s1. The maximum absolute atomic E-state index is 12.9. The first kappa shape index (κ1) is 21.5. The van der Waals surface area contributed by atoms with Crippen LogP contribution in [0.3, 0.4) is 0 Å². The normalized spacial score (nSPS) is 21.4. The number of hydrogen-bond donors (Lipinski definition) is 2. The van der Waals surface area contributed by atoms with Crippen LogP contribution in [0, 0.1) is 5.92 Å². The molecule has 1 aliphatic carbocycles. The molecule has 1 saturated carbocycles. The highest BCUT2D eigenvalue weighted by Crippen LogP contribution is 2.26. The number of rotatable bonds is 7. The molecule has 2 amide bonds. The fraction of sp³-hybridized carbons (Fsp3) is 0.609. The molecule has 0 spiro atoms. The summed E-state index contributed by atoms with van der Waals surface area (Å²) in [5.41, 5.74) is 1.02. The van der Waals surface area contributed by atoms with E-state index in [1.54, 1.807) is 0 Å². The number of aliphatic hydroxyl groups is 1. The Kier molecular flexibility index (Phi) is 7.81. The van der Waals surface area contributed by atoms with Crippen LogP contribution in [0.1, 0.15) is 56.9 Å². The average Bonchev–Trinajstić information content (AvgIpc) is 2.78. The summed E-state index contributed by atoms with van der Waals surface area (Å²) in [7, 11) is 0. The van der Waals surface area contributed by atoms with E-state index in [1.807, 2.05) is 30.3 Å². The van der Waals surface area contributed by atoms with Gasteiger partial charge in [-0.2, -0.15) is 0 Å². The van der Waals surface area contributed by atoms with Crippen molar-refractivity contribution in [2.75, 3.05) is 13.2 Å². The van der Waals surface area contributed by atoms with Gasteiger partial charge < -0.3 is 15.3 Å². The lowest BCUT2D eigenvalue weighted by Gasteiger charge is -2.36. The summed E-state index contributed by atoms with van der Waals surface area (Å²) in [6.45, 7) is 0.264. The third-order valence-electron chi connectivity index (χ3n) is 6.14. The minimum Gasteiger partial charge on any atom is -0.394 e. The minimum absolute atomic E-state index is 0.178. The van der Waals surface area contributed by atoms with Gasteiger partial charge >= 0.3 is 0 Å². The number of piperidine rings is 1. The number of likely N-dealkylation sites (tertiary alicyclic amines) is 1. The van der Waals surface area contributed by atoms with Crippen molar-refractivity contribution in [1.82, 2.24) is 10.2 Å². The topological polar surface area (TPSA) is 86.7 Å². The maximum atomic E-state index is 12.9. The van der Waals surface area contributed by atoms with Crippen LogP contribution in [-0.4, -0.2) is 52.8 Å². The molecule has 3 rings (SSSR count). The summed E-state index contributed by atoms with van der Waals surface area (Å²) in [6, 6.07) is 8.62. The fourth-order valence-corrected chi connectivity index (χ4v) is 4.49. The Hall–Kier alpha value is -2.21. The van der Waals surface area contributed by atoms with Gasteiger partial charge in [0, 0.05) is 12.5 Å². The summed E-state index contributed by atoms with van der Waals surface area (Å²) in [5, 5.41) is 12.6.